The molecule has 0 aliphatic heterocycles. The Balaban J connectivity index is 1.79. The van der Waals surface area contributed by atoms with Crippen molar-refractivity contribution in [1.29, 1.82) is 0 Å². The number of rotatable bonds is 4. The summed E-state index contributed by atoms with van der Waals surface area (Å²) in [6.45, 7) is 32.8. The van der Waals surface area contributed by atoms with Gasteiger partial charge in [-0.05, 0) is 142 Å². The van der Waals surface area contributed by atoms with Gasteiger partial charge in [-0.15, -0.1) is 0 Å². The fourth-order valence-electron chi connectivity index (χ4n) is 7.83. The number of hydrogen-bond donors (Lipinski definition) is 0. The Labute approximate surface area is 315 Å². The summed E-state index contributed by atoms with van der Waals surface area (Å²) >= 11 is 0. The maximum atomic E-state index is 2.50. The Morgan fingerprint density at radius 2 is 1.06 bits per heavy atom. The van der Waals surface area contributed by atoms with Crippen molar-refractivity contribution in [3.05, 3.63) is 129 Å². The summed E-state index contributed by atoms with van der Waals surface area (Å²) in [5.74, 6) is 0. The van der Waals surface area contributed by atoms with Crippen molar-refractivity contribution in [2.45, 2.75) is 131 Å². The van der Waals surface area contributed by atoms with E-state index in [0.717, 1.165) is 12.8 Å². The normalized spacial score (nSPS) is 13.8. The second-order valence-electron chi connectivity index (χ2n) is 19.4. The Hall–Kier alpha value is -4.16. The lowest BCUT2D eigenvalue weighted by molar-refractivity contribution is 0.568. The van der Waals surface area contributed by atoms with E-state index in [2.05, 4.69) is 194 Å². The molecule has 0 heterocycles. The predicted molar refractivity (Wildman–Crippen MR) is 231 cm³/mol. The van der Waals surface area contributed by atoms with E-state index >= 15 is 0 Å². The number of hydrogen-bond acceptors (Lipinski definition) is 0. The van der Waals surface area contributed by atoms with Gasteiger partial charge in [0.15, 0.2) is 0 Å². The maximum Gasteiger partial charge on any atom is -0.00582 e. The van der Waals surface area contributed by atoms with E-state index in [-0.39, 0.29) is 21.7 Å². The number of fused-ring (bicyclic) bond motifs is 2. The molecule has 0 radical (unpaired) electrons. The van der Waals surface area contributed by atoms with Crippen LogP contribution < -0.4 is 10.4 Å². The highest BCUT2D eigenvalue weighted by Gasteiger charge is 2.26. The molecule has 0 amide bonds. The van der Waals surface area contributed by atoms with Gasteiger partial charge < -0.3 is 0 Å². The smallest absolute Gasteiger partial charge is 0.00582 e. The molecule has 270 valence electrons. The van der Waals surface area contributed by atoms with Crippen LogP contribution in [0.2, 0.25) is 0 Å². The van der Waals surface area contributed by atoms with Crippen LogP contribution in [0, 0.1) is 6.92 Å². The lowest BCUT2D eigenvalue weighted by Gasteiger charge is -2.28. The standard InChI is InChI=1S/C52H62/c1-15-42-46(37-27-40(51(9,10)11)32-41(28-37)52(12,13)14)30-35-21-17-16-18-23-44(35)48(42)47-33(2)45(29-34-22-19-20-24-43(34)47)36-25-38(49(3,4)5)31-39(26-36)50(6,7)8/h16,18-32H,15,17H2,1-14H3. The van der Waals surface area contributed by atoms with Crippen LogP contribution in [0.5, 0.6) is 0 Å². The van der Waals surface area contributed by atoms with Gasteiger partial charge in [-0.25, -0.2) is 0 Å². The van der Waals surface area contributed by atoms with Gasteiger partial charge >= 0.3 is 0 Å². The average Bonchev–Trinajstić information content (AvgIpc) is 3.31. The van der Waals surface area contributed by atoms with Gasteiger partial charge in [0, 0.05) is 0 Å². The molecule has 0 spiro atoms. The minimum Gasteiger partial charge on any atom is -0.0807 e. The molecule has 0 aromatic heterocycles. The van der Waals surface area contributed by atoms with E-state index < -0.39 is 0 Å². The van der Waals surface area contributed by atoms with Crippen LogP contribution in [0.3, 0.4) is 0 Å². The summed E-state index contributed by atoms with van der Waals surface area (Å²) in [5, 5.41) is 5.27. The molecule has 0 nitrogen and oxygen atoms in total. The molecule has 0 heteroatoms. The molecule has 0 unspecified atom stereocenters. The average molecular weight is 687 g/mol. The molecule has 0 fully saturated rings. The van der Waals surface area contributed by atoms with Gasteiger partial charge in [0.25, 0.3) is 0 Å². The van der Waals surface area contributed by atoms with E-state index in [4.69, 9.17) is 0 Å². The van der Waals surface area contributed by atoms with Crippen LogP contribution in [0.4, 0.5) is 0 Å². The van der Waals surface area contributed by atoms with Crippen molar-refractivity contribution >= 4 is 22.9 Å². The molecule has 52 heavy (non-hydrogen) atoms. The summed E-state index contributed by atoms with van der Waals surface area (Å²) in [7, 11) is 0. The zero-order valence-corrected chi connectivity index (χ0v) is 34.7. The van der Waals surface area contributed by atoms with Crippen molar-refractivity contribution in [3.8, 4) is 33.4 Å². The van der Waals surface area contributed by atoms with Crippen LogP contribution in [0.15, 0.2) is 84.9 Å². The molecule has 0 saturated carbocycles. The number of allylic oxidation sites excluding steroid dienone is 2. The van der Waals surface area contributed by atoms with E-state index in [9.17, 15) is 0 Å². The maximum absolute atomic E-state index is 2.50. The first-order valence-electron chi connectivity index (χ1n) is 19.6. The Morgan fingerprint density at radius 1 is 0.558 bits per heavy atom. The summed E-state index contributed by atoms with van der Waals surface area (Å²) in [5.41, 5.74) is 16.5. The fourth-order valence-corrected chi connectivity index (χ4v) is 7.83. The van der Waals surface area contributed by atoms with Crippen LogP contribution in [-0.4, -0.2) is 0 Å². The zero-order chi connectivity index (χ0) is 38.0. The molecule has 5 aromatic rings. The quantitative estimate of drug-likeness (QED) is 0.177. The second-order valence-corrected chi connectivity index (χ2v) is 19.4. The van der Waals surface area contributed by atoms with Gasteiger partial charge in [-0.3, -0.25) is 0 Å². The fraction of sp³-hybridized carbons (Fsp3) is 0.385. The van der Waals surface area contributed by atoms with E-state index in [1.165, 1.54) is 88.0 Å². The number of benzene rings is 5. The van der Waals surface area contributed by atoms with Crippen molar-refractivity contribution in [2.75, 3.05) is 0 Å². The first-order valence-corrected chi connectivity index (χ1v) is 19.6. The molecule has 0 atom stereocenters. The molecular weight excluding hydrogens is 625 g/mol. The highest BCUT2D eigenvalue weighted by Crippen LogP contribution is 2.43. The minimum atomic E-state index is 0.0370. The van der Waals surface area contributed by atoms with Crippen molar-refractivity contribution in [3.63, 3.8) is 0 Å². The predicted octanol–water partition coefficient (Wildman–Crippen LogP) is 13.4. The Morgan fingerprint density at radius 3 is 1.56 bits per heavy atom. The third kappa shape index (κ3) is 7.24. The monoisotopic (exact) mass is 686 g/mol. The largest absolute Gasteiger partial charge is 0.0807 e. The Kier molecular flexibility index (Phi) is 9.66. The van der Waals surface area contributed by atoms with Gasteiger partial charge in [-0.2, -0.15) is 0 Å². The lowest BCUT2D eigenvalue weighted by Crippen LogP contribution is -2.29. The summed E-state index contributed by atoms with van der Waals surface area (Å²) in [6.07, 6.45) is 11.2. The van der Waals surface area contributed by atoms with Crippen molar-refractivity contribution in [2.24, 2.45) is 0 Å². The van der Waals surface area contributed by atoms with Gasteiger partial charge in [-0.1, -0.05) is 175 Å². The highest BCUT2D eigenvalue weighted by molar-refractivity contribution is 6.04. The summed E-state index contributed by atoms with van der Waals surface area (Å²) in [4.78, 5) is 0. The van der Waals surface area contributed by atoms with Crippen LogP contribution >= 0.6 is 0 Å². The van der Waals surface area contributed by atoms with E-state index in [1.807, 2.05) is 0 Å². The minimum absolute atomic E-state index is 0.0370. The van der Waals surface area contributed by atoms with Gasteiger partial charge in [0.05, 0.1) is 0 Å². The van der Waals surface area contributed by atoms with Gasteiger partial charge in [0.2, 0.25) is 0 Å². The van der Waals surface area contributed by atoms with E-state index in [0.29, 0.717) is 0 Å². The molecular formula is C52H62. The van der Waals surface area contributed by atoms with E-state index in [1.54, 1.807) is 0 Å². The molecule has 0 saturated heterocycles. The molecule has 0 N–H and O–H groups in total. The third-order valence-electron chi connectivity index (χ3n) is 11.2. The van der Waals surface area contributed by atoms with Gasteiger partial charge in [0.1, 0.15) is 0 Å². The second kappa shape index (κ2) is 13.4. The lowest BCUT2D eigenvalue weighted by atomic mass is 9.76. The zero-order valence-electron chi connectivity index (χ0n) is 34.7. The van der Waals surface area contributed by atoms with Crippen molar-refractivity contribution in [1.82, 2.24) is 0 Å². The van der Waals surface area contributed by atoms with Crippen LogP contribution in [0.25, 0.3) is 56.3 Å². The highest BCUT2D eigenvalue weighted by atomic mass is 14.3. The molecule has 1 aliphatic carbocycles. The SMILES string of the molecule is CCc1c(-c2cc(C(C)(C)C)cc(C(C)(C)C)c2)cc2c(c1-c1c(C)c(-c3cc(C(C)(C)C)cc(C(C)(C)C)c3)cc3ccccc13)=CC=CCC=2. The molecule has 1 aliphatic rings. The topological polar surface area (TPSA) is 0 Å². The van der Waals surface area contributed by atoms with Crippen LogP contribution in [0.1, 0.15) is 130 Å². The van der Waals surface area contributed by atoms with Crippen molar-refractivity contribution < 1.29 is 0 Å². The first-order chi connectivity index (χ1) is 24.2. The molecule has 6 rings (SSSR count). The van der Waals surface area contributed by atoms with Crippen LogP contribution in [-0.2, 0) is 28.1 Å². The third-order valence-corrected chi connectivity index (χ3v) is 11.2. The Bertz CT molecular complexity index is 2260. The molecule has 5 aromatic carbocycles. The summed E-state index contributed by atoms with van der Waals surface area (Å²) in [6, 6.07) is 28.8. The summed E-state index contributed by atoms with van der Waals surface area (Å²) < 4.78 is 0. The first kappa shape index (κ1) is 37.6. The molecule has 0 bridgehead atoms.